The maximum atomic E-state index is 12.3. The first kappa shape index (κ1) is 17.8. The van der Waals surface area contributed by atoms with Gasteiger partial charge in [0.15, 0.2) is 9.84 Å². The number of amides is 1. The van der Waals surface area contributed by atoms with Crippen LogP contribution in [-0.2, 0) is 14.6 Å². The molecule has 2 aromatic rings. The van der Waals surface area contributed by atoms with E-state index in [2.05, 4.69) is 5.32 Å². The van der Waals surface area contributed by atoms with E-state index in [0.29, 0.717) is 18.1 Å². The van der Waals surface area contributed by atoms with E-state index in [9.17, 15) is 13.2 Å². The summed E-state index contributed by atoms with van der Waals surface area (Å²) in [6.45, 7) is 0.519. The van der Waals surface area contributed by atoms with Crippen LogP contribution in [0.5, 0.6) is 5.75 Å². The summed E-state index contributed by atoms with van der Waals surface area (Å²) in [6, 6.07) is 13.3. The van der Waals surface area contributed by atoms with Gasteiger partial charge in [0.25, 0.3) is 0 Å². The molecular formula is C18H18ClNO4S. The molecule has 1 aliphatic heterocycles. The first-order valence-corrected chi connectivity index (χ1v) is 9.98. The van der Waals surface area contributed by atoms with E-state index in [1.54, 1.807) is 0 Å². The highest BCUT2D eigenvalue weighted by Crippen LogP contribution is 2.31. The molecule has 5 nitrogen and oxygen atoms in total. The van der Waals surface area contributed by atoms with Gasteiger partial charge in [-0.15, -0.1) is 0 Å². The van der Waals surface area contributed by atoms with Gasteiger partial charge >= 0.3 is 0 Å². The van der Waals surface area contributed by atoms with Gasteiger partial charge in [-0.2, -0.15) is 0 Å². The van der Waals surface area contributed by atoms with Crippen molar-refractivity contribution in [3.63, 3.8) is 0 Å². The Morgan fingerprint density at radius 3 is 2.64 bits per heavy atom. The molecule has 1 heterocycles. The highest BCUT2D eigenvalue weighted by molar-refractivity contribution is 7.91. The summed E-state index contributed by atoms with van der Waals surface area (Å²) in [4.78, 5) is 12.4. The Bertz CT molecular complexity index is 865. The van der Waals surface area contributed by atoms with Gasteiger partial charge < -0.3 is 10.1 Å². The molecule has 0 saturated carbocycles. The largest absolute Gasteiger partial charge is 0.493 e. The van der Waals surface area contributed by atoms with Crippen molar-refractivity contribution >= 4 is 27.3 Å². The summed E-state index contributed by atoms with van der Waals surface area (Å²) >= 11 is 5.77. The molecule has 1 N–H and O–H groups in total. The predicted molar refractivity (Wildman–Crippen MR) is 95.6 cm³/mol. The second kappa shape index (κ2) is 7.45. The summed E-state index contributed by atoms with van der Waals surface area (Å²) < 4.78 is 30.1. The van der Waals surface area contributed by atoms with Gasteiger partial charge in [-0.05, 0) is 30.3 Å². The van der Waals surface area contributed by atoms with Gasteiger partial charge in [-0.1, -0.05) is 29.8 Å². The lowest BCUT2D eigenvalue weighted by molar-refractivity contribution is -0.121. The summed E-state index contributed by atoms with van der Waals surface area (Å²) in [5.41, 5.74) is 0.919. The fourth-order valence-electron chi connectivity index (χ4n) is 2.75. The molecular weight excluding hydrogens is 362 g/mol. The topological polar surface area (TPSA) is 72.5 Å². The molecule has 0 aromatic heterocycles. The van der Waals surface area contributed by atoms with Crippen LogP contribution in [0.2, 0.25) is 5.02 Å². The Balaban J connectivity index is 1.61. The summed E-state index contributed by atoms with van der Waals surface area (Å²) in [5, 5.41) is 3.37. The van der Waals surface area contributed by atoms with E-state index in [1.807, 2.05) is 24.3 Å². The third-order valence-corrected chi connectivity index (χ3v) is 6.05. The summed E-state index contributed by atoms with van der Waals surface area (Å²) in [7, 11) is -3.52. The van der Waals surface area contributed by atoms with Gasteiger partial charge in [0.05, 0.1) is 23.3 Å². The lowest BCUT2D eigenvalue weighted by Crippen LogP contribution is -2.33. The Kier molecular flexibility index (Phi) is 5.30. The molecule has 7 heteroatoms. The number of nitrogens with one attached hydrogen (secondary N) is 1. The number of carbonyl (C=O) groups excluding carboxylic acids is 1. The smallest absolute Gasteiger partial charge is 0.221 e. The third-order valence-electron chi connectivity index (χ3n) is 4.06. The van der Waals surface area contributed by atoms with Crippen molar-refractivity contribution < 1.29 is 17.9 Å². The number of hydrogen-bond donors (Lipinski definition) is 1. The van der Waals surface area contributed by atoms with Crippen LogP contribution < -0.4 is 10.1 Å². The number of hydrogen-bond acceptors (Lipinski definition) is 4. The standard InChI is InChI=1S/C18H18ClNO4S/c19-13-5-7-14(8-6-13)25(22,23)12-10-18(21)20-16-9-11-24-17-4-2-1-3-15(16)17/h1-8,16H,9-12H2,(H,20,21)/t16-/m0/s1. The monoisotopic (exact) mass is 379 g/mol. The minimum absolute atomic E-state index is 0.0928. The zero-order chi connectivity index (χ0) is 17.9. The molecule has 0 fully saturated rings. The van der Waals surface area contributed by atoms with Crippen LogP contribution in [0.3, 0.4) is 0 Å². The number of halogens is 1. The SMILES string of the molecule is O=C(CCS(=O)(=O)c1ccc(Cl)cc1)N[C@H]1CCOc2ccccc21. The first-order chi connectivity index (χ1) is 12.0. The maximum Gasteiger partial charge on any atom is 0.221 e. The fraction of sp³-hybridized carbons (Fsp3) is 0.278. The van der Waals surface area contributed by atoms with Crippen LogP contribution in [0.1, 0.15) is 24.4 Å². The van der Waals surface area contributed by atoms with Crippen LogP contribution in [-0.4, -0.2) is 26.7 Å². The van der Waals surface area contributed by atoms with E-state index in [4.69, 9.17) is 16.3 Å². The number of carbonyl (C=O) groups is 1. The van der Waals surface area contributed by atoms with Crippen molar-refractivity contribution in [1.29, 1.82) is 0 Å². The number of ether oxygens (including phenoxy) is 1. The quantitative estimate of drug-likeness (QED) is 0.866. The second-order valence-corrected chi connectivity index (χ2v) is 8.36. The van der Waals surface area contributed by atoms with E-state index in [0.717, 1.165) is 11.3 Å². The molecule has 2 aromatic carbocycles. The number of rotatable bonds is 5. The molecule has 1 aliphatic rings. The molecule has 0 spiro atoms. The van der Waals surface area contributed by atoms with Gasteiger partial charge in [0, 0.05) is 23.4 Å². The molecule has 1 amide bonds. The number of fused-ring (bicyclic) bond motifs is 1. The molecule has 0 unspecified atom stereocenters. The number of para-hydroxylation sites is 1. The van der Waals surface area contributed by atoms with E-state index < -0.39 is 9.84 Å². The maximum absolute atomic E-state index is 12.3. The first-order valence-electron chi connectivity index (χ1n) is 7.95. The average molecular weight is 380 g/mol. The Hall–Kier alpha value is -2.05. The summed E-state index contributed by atoms with van der Waals surface area (Å²) in [6.07, 6.45) is 0.567. The van der Waals surface area contributed by atoms with Gasteiger partial charge in [0.1, 0.15) is 5.75 Å². The number of benzene rings is 2. The van der Waals surface area contributed by atoms with Crippen molar-refractivity contribution in [2.75, 3.05) is 12.4 Å². The van der Waals surface area contributed by atoms with Crippen LogP contribution in [0.4, 0.5) is 0 Å². The fourth-order valence-corrected chi connectivity index (χ4v) is 4.11. The molecule has 0 aliphatic carbocycles. The van der Waals surface area contributed by atoms with Crippen molar-refractivity contribution in [2.24, 2.45) is 0 Å². The zero-order valence-corrected chi connectivity index (χ0v) is 15.0. The zero-order valence-electron chi connectivity index (χ0n) is 13.4. The van der Waals surface area contributed by atoms with Crippen LogP contribution in [0.25, 0.3) is 0 Å². The van der Waals surface area contributed by atoms with Crippen molar-refractivity contribution in [3.8, 4) is 5.75 Å². The van der Waals surface area contributed by atoms with Gasteiger partial charge in [0.2, 0.25) is 5.91 Å². The van der Waals surface area contributed by atoms with Gasteiger partial charge in [-0.25, -0.2) is 8.42 Å². The molecule has 132 valence electrons. The van der Waals surface area contributed by atoms with E-state index in [1.165, 1.54) is 24.3 Å². The average Bonchev–Trinajstić information content (AvgIpc) is 2.61. The lowest BCUT2D eigenvalue weighted by atomic mass is 10.0. The van der Waals surface area contributed by atoms with Crippen molar-refractivity contribution in [1.82, 2.24) is 5.32 Å². The Morgan fingerprint density at radius 2 is 1.88 bits per heavy atom. The predicted octanol–water partition coefficient (Wildman–Crippen LogP) is 3.14. The molecule has 0 radical (unpaired) electrons. The van der Waals surface area contributed by atoms with Crippen molar-refractivity contribution in [2.45, 2.75) is 23.8 Å². The Labute approximate surface area is 151 Å². The van der Waals surface area contributed by atoms with E-state index in [-0.39, 0.29) is 29.0 Å². The number of sulfone groups is 1. The van der Waals surface area contributed by atoms with Crippen LogP contribution >= 0.6 is 11.6 Å². The van der Waals surface area contributed by atoms with E-state index >= 15 is 0 Å². The lowest BCUT2D eigenvalue weighted by Gasteiger charge is -2.26. The van der Waals surface area contributed by atoms with Gasteiger partial charge in [-0.3, -0.25) is 4.79 Å². The minimum atomic E-state index is -3.52. The molecule has 1 atom stereocenters. The third kappa shape index (κ3) is 4.32. The highest BCUT2D eigenvalue weighted by atomic mass is 35.5. The normalized spacial score (nSPS) is 16.6. The second-order valence-electron chi connectivity index (χ2n) is 5.82. The molecule has 0 bridgehead atoms. The molecule has 3 rings (SSSR count). The summed E-state index contributed by atoms with van der Waals surface area (Å²) in [5.74, 6) is 0.220. The van der Waals surface area contributed by atoms with Crippen LogP contribution in [0.15, 0.2) is 53.4 Å². The van der Waals surface area contributed by atoms with Crippen molar-refractivity contribution in [3.05, 3.63) is 59.1 Å². The Morgan fingerprint density at radius 1 is 1.16 bits per heavy atom. The molecule has 0 saturated heterocycles. The molecule has 25 heavy (non-hydrogen) atoms. The minimum Gasteiger partial charge on any atom is -0.493 e. The highest BCUT2D eigenvalue weighted by Gasteiger charge is 2.23. The van der Waals surface area contributed by atoms with Crippen LogP contribution in [0, 0.1) is 0 Å².